The maximum atomic E-state index is 12.1. The number of carbonyl (C=O) groups excluding carboxylic acids is 1. The Bertz CT molecular complexity index is 471. The molecule has 0 radical (unpaired) electrons. The van der Waals surface area contributed by atoms with Gasteiger partial charge in [0.25, 0.3) is 0 Å². The van der Waals surface area contributed by atoms with Crippen molar-refractivity contribution >= 4 is 27.7 Å². The Kier molecular flexibility index (Phi) is 3.47. The van der Waals surface area contributed by atoms with Gasteiger partial charge in [-0.3, -0.25) is 4.90 Å². The minimum atomic E-state index is -0.516. The third-order valence-corrected chi connectivity index (χ3v) is 2.72. The van der Waals surface area contributed by atoms with Crippen LogP contribution in [0.5, 0.6) is 5.75 Å². The summed E-state index contributed by atoms with van der Waals surface area (Å²) >= 11 is 3.27. The Morgan fingerprint density at radius 1 is 1.56 bits per heavy atom. The Hall–Kier alpha value is -1.30. The van der Waals surface area contributed by atoms with Crippen LogP contribution in [-0.4, -0.2) is 29.8 Å². The third kappa shape index (κ3) is 2.93. The number of carbonyl (C=O) groups is 1. The van der Waals surface area contributed by atoms with E-state index in [1.54, 1.807) is 17.2 Å². The largest absolute Gasteiger partial charge is 0.489 e. The molecule has 0 fully saturated rings. The number of anilines is 1. The molecule has 6 heteroatoms. The zero-order chi connectivity index (χ0) is 13.3. The van der Waals surface area contributed by atoms with Crippen molar-refractivity contribution in [2.24, 2.45) is 0 Å². The molecule has 0 bridgehead atoms. The van der Waals surface area contributed by atoms with Gasteiger partial charge in [-0.1, -0.05) is 0 Å². The second-order valence-electron chi connectivity index (χ2n) is 4.96. The molecule has 1 amide bonds. The average molecular weight is 315 g/mol. The van der Waals surface area contributed by atoms with E-state index in [0.717, 1.165) is 0 Å². The third-order valence-electron chi connectivity index (χ3n) is 2.29. The molecule has 5 nitrogen and oxygen atoms in total. The first-order valence-electron chi connectivity index (χ1n) is 5.66. The normalized spacial score (nSPS) is 14.8. The zero-order valence-corrected chi connectivity index (χ0v) is 12.2. The highest BCUT2D eigenvalue weighted by Gasteiger charge is 2.28. The summed E-state index contributed by atoms with van der Waals surface area (Å²) in [4.78, 5) is 17.7. The lowest BCUT2D eigenvalue weighted by molar-refractivity contribution is 0.0567. The number of hydrogen-bond acceptors (Lipinski definition) is 4. The first kappa shape index (κ1) is 13.1. The van der Waals surface area contributed by atoms with E-state index >= 15 is 0 Å². The van der Waals surface area contributed by atoms with Gasteiger partial charge >= 0.3 is 6.09 Å². The van der Waals surface area contributed by atoms with Gasteiger partial charge in [0.2, 0.25) is 0 Å². The summed E-state index contributed by atoms with van der Waals surface area (Å²) in [6.07, 6.45) is 1.22. The highest BCUT2D eigenvalue weighted by Crippen LogP contribution is 2.33. The van der Waals surface area contributed by atoms with Crippen molar-refractivity contribution in [2.75, 3.05) is 18.1 Å². The van der Waals surface area contributed by atoms with Gasteiger partial charge in [-0.15, -0.1) is 0 Å². The van der Waals surface area contributed by atoms with Crippen molar-refractivity contribution in [3.05, 3.63) is 16.9 Å². The fraction of sp³-hybridized carbons (Fsp3) is 0.500. The summed E-state index contributed by atoms with van der Waals surface area (Å²) in [5.41, 5.74) is 0.122. The average Bonchev–Trinajstić information content (AvgIpc) is 2.25. The molecule has 1 aliphatic rings. The second-order valence-corrected chi connectivity index (χ2v) is 5.77. The van der Waals surface area contributed by atoms with Crippen molar-refractivity contribution in [1.29, 1.82) is 0 Å². The van der Waals surface area contributed by atoms with Gasteiger partial charge in [0.1, 0.15) is 28.2 Å². The van der Waals surface area contributed by atoms with Gasteiger partial charge in [-0.2, -0.15) is 0 Å². The van der Waals surface area contributed by atoms with E-state index in [4.69, 9.17) is 9.47 Å². The molecule has 0 aromatic carbocycles. The number of fused-ring (bicyclic) bond motifs is 1. The van der Waals surface area contributed by atoms with Crippen molar-refractivity contribution in [2.45, 2.75) is 26.4 Å². The van der Waals surface area contributed by atoms with Crippen molar-refractivity contribution in [3.8, 4) is 5.75 Å². The van der Waals surface area contributed by atoms with Gasteiger partial charge in [-0.25, -0.2) is 9.78 Å². The fourth-order valence-electron chi connectivity index (χ4n) is 1.60. The topological polar surface area (TPSA) is 51.7 Å². The number of ether oxygens (including phenoxy) is 2. The van der Waals surface area contributed by atoms with Crippen LogP contribution in [0.3, 0.4) is 0 Å². The number of pyridine rings is 1. The maximum absolute atomic E-state index is 12.1. The first-order valence-corrected chi connectivity index (χ1v) is 6.45. The van der Waals surface area contributed by atoms with E-state index < -0.39 is 5.60 Å². The molecule has 0 spiro atoms. The number of rotatable bonds is 0. The molecule has 0 saturated heterocycles. The molecular formula is C12H15BrN2O3. The predicted octanol–water partition coefficient (Wildman–Crippen LogP) is 2.98. The van der Waals surface area contributed by atoms with E-state index in [9.17, 15) is 4.79 Å². The van der Waals surface area contributed by atoms with Crippen LogP contribution in [0.25, 0.3) is 0 Å². The summed E-state index contributed by atoms with van der Waals surface area (Å²) in [7, 11) is 0. The smallest absolute Gasteiger partial charge is 0.415 e. The van der Waals surface area contributed by atoms with Gasteiger partial charge in [-0.05, 0) is 36.7 Å². The number of aromatic nitrogens is 1. The molecule has 0 unspecified atom stereocenters. The first-order chi connectivity index (χ1) is 8.37. The Morgan fingerprint density at radius 3 is 2.94 bits per heavy atom. The SMILES string of the molecule is CC(C)(C)OC(=O)N1CCOc2cc(Br)ncc21. The minimum absolute atomic E-state index is 0.379. The molecular weight excluding hydrogens is 300 g/mol. The van der Waals surface area contributed by atoms with Crippen molar-refractivity contribution in [1.82, 2.24) is 4.98 Å². The lowest BCUT2D eigenvalue weighted by Gasteiger charge is -2.31. The molecule has 2 rings (SSSR count). The highest BCUT2D eigenvalue weighted by molar-refractivity contribution is 9.10. The maximum Gasteiger partial charge on any atom is 0.415 e. The molecule has 1 aromatic heterocycles. The summed E-state index contributed by atoms with van der Waals surface area (Å²) < 4.78 is 11.5. The molecule has 0 atom stereocenters. The summed E-state index contributed by atoms with van der Waals surface area (Å²) in [6, 6.07) is 1.74. The minimum Gasteiger partial charge on any atom is -0.489 e. The van der Waals surface area contributed by atoms with E-state index in [1.165, 1.54) is 0 Å². The molecule has 2 heterocycles. The number of hydrogen-bond donors (Lipinski definition) is 0. The van der Waals surface area contributed by atoms with Gasteiger partial charge in [0.05, 0.1) is 12.7 Å². The molecule has 1 aromatic rings. The van der Waals surface area contributed by atoms with Crippen LogP contribution in [0.2, 0.25) is 0 Å². The number of nitrogens with zero attached hydrogens (tertiary/aromatic N) is 2. The zero-order valence-electron chi connectivity index (χ0n) is 10.6. The Morgan fingerprint density at radius 2 is 2.28 bits per heavy atom. The summed E-state index contributed by atoms with van der Waals surface area (Å²) in [5.74, 6) is 0.633. The standard InChI is InChI=1S/C12H15BrN2O3/c1-12(2,3)18-11(16)15-4-5-17-9-6-10(13)14-7-8(9)15/h6-7H,4-5H2,1-3H3. The van der Waals surface area contributed by atoms with Crippen molar-refractivity contribution < 1.29 is 14.3 Å². The van der Waals surface area contributed by atoms with Crippen LogP contribution < -0.4 is 9.64 Å². The van der Waals surface area contributed by atoms with Gasteiger partial charge < -0.3 is 9.47 Å². The van der Waals surface area contributed by atoms with Gasteiger partial charge in [0.15, 0.2) is 0 Å². The van der Waals surface area contributed by atoms with E-state index in [2.05, 4.69) is 20.9 Å². The Labute approximate surface area is 114 Å². The van der Waals surface area contributed by atoms with E-state index in [-0.39, 0.29) is 6.09 Å². The lowest BCUT2D eigenvalue weighted by atomic mass is 10.2. The van der Waals surface area contributed by atoms with Gasteiger partial charge in [0, 0.05) is 6.07 Å². The Balaban J connectivity index is 2.25. The number of amides is 1. The van der Waals surface area contributed by atoms with Crippen LogP contribution >= 0.6 is 15.9 Å². The van der Waals surface area contributed by atoms with Crippen molar-refractivity contribution in [3.63, 3.8) is 0 Å². The lowest BCUT2D eigenvalue weighted by Crippen LogP contribution is -2.41. The monoisotopic (exact) mass is 314 g/mol. The van der Waals surface area contributed by atoms with Crippen LogP contribution in [0.1, 0.15) is 20.8 Å². The molecule has 98 valence electrons. The van der Waals surface area contributed by atoms with Crippen LogP contribution in [0.15, 0.2) is 16.9 Å². The quantitative estimate of drug-likeness (QED) is 0.691. The summed E-state index contributed by atoms with van der Waals surface area (Å²) in [5, 5.41) is 0. The summed E-state index contributed by atoms with van der Waals surface area (Å²) in [6.45, 7) is 6.43. The fourth-order valence-corrected chi connectivity index (χ4v) is 1.91. The van der Waals surface area contributed by atoms with Crippen LogP contribution in [0.4, 0.5) is 10.5 Å². The molecule has 0 aliphatic carbocycles. The predicted molar refractivity (Wildman–Crippen MR) is 71.0 cm³/mol. The molecule has 0 saturated carbocycles. The van der Waals surface area contributed by atoms with E-state index in [0.29, 0.717) is 29.2 Å². The highest BCUT2D eigenvalue weighted by atomic mass is 79.9. The molecule has 18 heavy (non-hydrogen) atoms. The number of halogens is 1. The van der Waals surface area contributed by atoms with Crippen LogP contribution in [-0.2, 0) is 4.74 Å². The van der Waals surface area contributed by atoms with E-state index in [1.807, 2.05) is 20.8 Å². The molecule has 0 N–H and O–H groups in total. The second kappa shape index (κ2) is 4.76. The van der Waals surface area contributed by atoms with Crippen LogP contribution in [0, 0.1) is 0 Å². The molecule has 1 aliphatic heterocycles.